The fraction of sp³-hybridized carbons (Fsp3) is 0.571. The number of carbonyl (C=O) groups is 1. The fourth-order valence-electron chi connectivity index (χ4n) is 3.81. The topological polar surface area (TPSA) is 55.5 Å². The first-order chi connectivity index (χ1) is 13.5. The molecule has 2 heterocycles. The molecule has 0 aliphatic carbocycles. The van der Waals surface area contributed by atoms with Gasteiger partial charge in [0.25, 0.3) is 0 Å². The highest BCUT2D eigenvalue weighted by atomic mass is 32.2. The number of aromatic nitrogens is 3. The molecule has 1 aliphatic heterocycles. The quantitative estimate of drug-likeness (QED) is 0.687. The van der Waals surface area contributed by atoms with Crippen molar-refractivity contribution in [1.82, 2.24) is 19.7 Å². The minimum absolute atomic E-state index is 0.156. The second kappa shape index (κ2) is 9.56. The highest BCUT2D eigenvalue weighted by Crippen LogP contribution is 2.27. The van der Waals surface area contributed by atoms with E-state index in [-0.39, 0.29) is 17.2 Å². The zero-order valence-corrected chi connectivity index (χ0v) is 18.2. The maximum atomic E-state index is 12.8. The summed E-state index contributed by atoms with van der Waals surface area (Å²) in [5.74, 6) is 1.21. The van der Waals surface area contributed by atoms with Gasteiger partial charge in [0, 0.05) is 19.5 Å². The molecule has 1 aromatic carbocycles. The molecule has 28 heavy (non-hydrogen) atoms. The van der Waals surface area contributed by atoms with Crippen LogP contribution in [0.3, 0.4) is 0 Å². The van der Waals surface area contributed by atoms with Crippen molar-refractivity contribution in [2.75, 3.05) is 27.2 Å². The zero-order valence-electron chi connectivity index (χ0n) is 17.4. The second-order valence-electron chi connectivity index (χ2n) is 7.74. The summed E-state index contributed by atoms with van der Waals surface area (Å²) in [7, 11) is 4.31. The lowest BCUT2D eigenvalue weighted by atomic mass is 10.2. The summed E-state index contributed by atoms with van der Waals surface area (Å²) in [4.78, 5) is 16.1. The molecule has 2 atom stereocenters. The van der Waals surface area contributed by atoms with Crippen LogP contribution >= 0.6 is 11.8 Å². The molecule has 1 aromatic heterocycles. The Balaban J connectivity index is 1.87. The van der Waals surface area contributed by atoms with Crippen molar-refractivity contribution in [1.29, 1.82) is 0 Å². The van der Waals surface area contributed by atoms with Gasteiger partial charge in [0.15, 0.2) is 11.0 Å². The Hall–Kier alpha value is -1.86. The number of nitrogens with zero attached hydrogens (tertiary/aromatic N) is 4. The van der Waals surface area contributed by atoms with Gasteiger partial charge >= 0.3 is 0 Å². The highest BCUT2D eigenvalue weighted by molar-refractivity contribution is 8.00. The third-order valence-corrected chi connectivity index (χ3v) is 6.46. The molecule has 2 aromatic rings. The molecule has 0 saturated carbocycles. The van der Waals surface area contributed by atoms with Gasteiger partial charge < -0.3 is 9.80 Å². The van der Waals surface area contributed by atoms with Crippen molar-refractivity contribution in [2.24, 2.45) is 0 Å². The Morgan fingerprint density at radius 3 is 2.46 bits per heavy atom. The maximum absolute atomic E-state index is 12.8. The van der Waals surface area contributed by atoms with E-state index in [0.29, 0.717) is 0 Å². The van der Waals surface area contributed by atoms with Crippen LogP contribution in [0.4, 0.5) is 0 Å². The van der Waals surface area contributed by atoms with Crippen molar-refractivity contribution in [2.45, 2.75) is 56.1 Å². The molecule has 0 spiro atoms. The molecule has 1 N–H and O–H groups in total. The lowest BCUT2D eigenvalue weighted by Crippen LogP contribution is -3.06. The monoisotopic (exact) mass is 402 g/mol. The summed E-state index contributed by atoms with van der Waals surface area (Å²) in [5, 5.41) is 9.74. The van der Waals surface area contributed by atoms with E-state index in [9.17, 15) is 4.79 Å². The smallest absolute Gasteiger partial charge is 0.235 e. The van der Waals surface area contributed by atoms with E-state index < -0.39 is 0 Å². The van der Waals surface area contributed by atoms with Gasteiger partial charge in [-0.3, -0.25) is 9.36 Å². The van der Waals surface area contributed by atoms with Crippen LogP contribution in [0.5, 0.6) is 0 Å². The van der Waals surface area contributed by atoms with Crippen LogP contribution in [0.25, 0.3) is 0 Å². The lowest BCUT2D eigenvalue weighted by Gasteiger charge is -2.22. The Kier molecular flexibility index (Phi) is 7.13. The average molecular weight is 403 g/mol. The lowest BCUT2D eigenvalue weighted by molar-refractivity contribution is -0.893. The molecule has 0 radical (unpaired) electrons. The van der Waals surface area contributed by atoms with Gasteiger partial charge in [-0.05, 0) is 25.3 Å². The second-order valence-corrected chi connectivity index (χ2v) is 9.05. The number of hydrogen-bond donors (Lipinski definition) is 1. The third-order valence-electron chi connectivity index (χ3n) is 5.39. The number of likely N-dealkylation sites (tertiary alicyclic amines) is 1. The van der Waals surface area contributed by atoms with Crippen LogP contribution in [0.1, 0.15) is 50.5 Å². The van der Waals surface area contributed by atoms with E-state index in [2.05, 4.69) is 60.0 Å². The number of nitrogens with one attached hydrogen (secondary N) is 1. The summed E-state index contributed by atoms with van der Waals surface area (Å²) < 4.78 is 2.20. The van der Waals surface area contributed by atoms with Crippen molar-refractivity contribution in [3.05, 3.63) is 41.7 Å². The van der Waals surface area contributed by atoms with Gasteiger partial charge in [-0.2, -0.15) is 0 Å². The molecular weight excluding hydrogens is 370 g/mol. The summed E-state index contributed by atoms with van der Waals surface area (Å²) in [6.45, 7) is 6.66. The number of carbonyl (C=O) groups excluding carboxylic acids is 1. The first-order valence-electron chi connectivity index (χ1n) is 10.2. The standard InChI is InChI=1S/C21H31N5OS/c1-5-18(24(3)4)19-22-23-21(26(19)15-17-11-7-6-8-12-17)28-16(2)20(27)25-13-9-10-14-25/h6-8,11-12,16,18H,5,9-10,13-15H2,1-4H3/p+1/t16-,18+/m1/s1. The molecule has 7 heteroatoms. The van der Waals surface area contributed by atoms with E-state index >= 15 is 0 Å². The van der Waals surface area contributed by atoms with Gasteiger partial charge in [0.1, 0.15) is 6.04 Å². The van der Waals surface area contributed by atoms with Crippen molar-refractivity contribution in [3.63, 3.8) is 0 Å². The van der Waals surface area contributed by atoms with Gasteiger partial charge in [-0.1, -0.05) is 49.0 Å². The van der Waals surface area contributed by atoms with Crippen molar-refractivity contribution < 1.29 is 9.69 Å². The molecule has 1 amide bonds. The number of thioether (sulfide) groups is 1. The molecule has 3 rings (SSSR count). The van der Waals surface area contributed by atoms with E-state index in [0.717, 1.165) is 49.9 Å². The molecule has 152 valence electrons. The number of hydrogen-bond acceptors (Lipinski definition) is 4. The van der Waals surface area contributed by atoms with E-state index in [1.165, 1.54) is 22.2 Å². The number of benzene rings is 1. The molecule has 1 saturated heterocycles. The Bertz CT molecular complexity index is 770. The van der Waals surface area contributed by atoms with Crippen LogP contribution < -0.4 is 4.90 Å². The van der Waals surface area contributed by atoms with Crippen molar-refractivity contribution in [3.8, 4) is 0 Å². The third kappa shape index (κ3) is 4.75. The number of rotatable bonds is 8. The minimum atomic E-state index is -0.156. The van der Waals surface area contributed by atoms with Crippen molar-refractivity contribution >= 4 is 17.7 Å². The molecule has 0 unspecified atom stereocenters. The average Bonchev–Trinajstić information content (AvgIpc) is 3.34. The first-order valence-corrected chi connectivity index (χ1v) is 11.1. The van der Waals surface area contributed by atoms with Crippen LogP contribution in [0.15, 0.2) is 35.5 Å². The predicted molar refractivity (Wildman–Crippen MR) is 113 cm³/mol. The van der Waals surface area contributed by atoms with Gasteiger partial charge in [0.2, 0.25) is 5.91 Å². The Labute approximate surface area is 172 Å². The summed E-state index contributed by atoms with van der Waals surface area (Å²) in [5.41, 5.74) is 1.22. The molecular formula is C21H32N5OS+. The zero-order chi connectivity index (χ0) is 20.1. The minimum Gasteiger partial charge on any atom is -0.342 e. The largest absolute Gasteiger partial charge is 0.342 e. The summed E-state index contributed by atoms with van der Waals surface area (Å²) in [6, 6.07) is 10.7. The predicted octanol–water partition coefficient (Wildman–Crippen LogP) is 2.03. The fourth-order valence-corrected chi connectivity index (χ4v) is 4.75. The van der Waals surface area contributed by atoms with Crippen LogP contribution in [0, 0.1) is 0 Å². The molecule has 1 aliphatic rings. The van der Waals surface area contributed by atoms with Crippen LogP contribution in [0.2, 0.25) is 0 Å². The van der Waals surface area contributed by atoms with E-state index in [1.54, 1.807) is 0 Å². The normalized spacial score (nSPS) is 16.5. The molecule has 0 bridgehead atoms. The van der Waals surface area contributed by atoms with Gasteiger partial charge in [0.05, 0.1) is 25.9 Å². The number of amides is 1. The summed E-state index contributed by atoms with van der Waals surface area (Å²) in [6.07, 6.45) is 3.21. The highest BCUT2D eigenvalue weighted by Gasteiger charge is 2.29. The number of quaternary nitrogens is 1. The van der Waals surface area contributed by atoms with E-state index in [4.69, 9.17) is 0 Å². The van der Waals surface area contributed by atoms with Gasteiger partial charge in [-0.25, -0.2) is 0 Å². The SMILES string of the molecule is CC[C@@H](c1nnc(S[C@H](C)C(=O)N2CCCC2)n1Cc1ccccc1)[NH+](C)C. The Morgan fingerprint density at radius 2 is 1.86 bits per heavy atom. The van der Waals surface area contributed by atoms with Crippen LogP contribution in [-0.2, 0) is 11.3 Å². The van der Waals surface area contributed by atoms with E-state index in [1.807, 2.05) is 17.9 Å². The van der Waals surface area contributed by atoms with Crippen LogP contribution in [-0.4, -0.2) is 58.0 Å². The maximum Gasteiger partial charge on any atom is 0.235 e. The molecule has 6 nitrogen and oxygen atoms in total. The summed E-state index contributed by atoms with van der Waals surface area (Å²) >= 11 is 1.53. The van der Waals surface area contributed by atoms with Gasteiger partial charge in [-0.15, -0.1) is 10.2 Å². The first kappa shape index (κ1) is 20.9. The Morgan fingerprint density at radius 1 is 1.18 bits per heavy atom. The molecule has 1 fully saturated rings.